The van der Waals surface area contributed by atoms with Gasteiger partial charge in [0.1, 0.15) is 0 Å². The van der Waals surface area contributed by atoms with E-state index in [-0.39, 0.29) is 17.0 Å². The summed E-state index contributed by atoms with van der Waals surface area (Å²) in [6.07, 6.45) is 0. The Morgan fingerprint density at radius 3 is 2.43 bits per heavy atom. The molecule has 7 heavy (non-hydrogen) atoms. The van der Waals surface area contributed by atoms with Crippen LogP contribution in [0.4, 0.5) is 0 Å². The second-order valence-corrected chi connectivity index (χ2v) is 0.974. The van der Waals surface area contributed by atoms with E-state index in [9.17, 15) is 0 Å². The van der Waals surface area contributed by atoms with Crippen molar-refractivity contribution in [1.29, 1.82) is 0 Å². The third kappa shape index (κ3) is 10.7. The van der Waals surface area contributed by atoms with Gasteiger partial charge in [-0.05, 0) is 7.05 Å². The van der Waals surface area contributed by atoms with Crippen LogP contribution < -0.4 is 11.2 Å². The molecule has 0 atom stereocenters. The monoisotopic (exact) mass is 170 g/mol. The number of rotatable bonds is 3. The Morgan fingerprint density at radius 1 is 1.71 bits per heavy atom. The van der Waals surface area contributed by atoms with E-state index in [0.717, 1.165) is 6.54 Å². The average molecular weight is 171 g/mol. The van der Waals surface area contributed by atoms with Crippen molar-refractivity contribution in [2.45, 2.75) is 0 Å². The van der Waals surface area contributed by atoms with Gasteiger partial charge in [0, 0.05) is 6.54 Å². The Balaban J connectivity index is 0. The summed E-state index contributed by atoms with van der Waals surface area (Å²) in [5.41, 5.74) is 0. The molecule has 0 bridgehead atoms. The second-order valence-electron chi connectivity index (χ2n) is 0.974. The van der Waals surface area contributed by atoms with Crippen LogP contribution in [0.25, 0.3) is 0 Å². The Hall–Kier alpha value is 0.360. The molecule has 0 aromatic heterocycles. The SMILES string of the molecule is Br.CNCCON. The number of nitrogens with two attached hydrogens (primary N) is 1. The lowest BCUT2D eigenvalue weighted by molar-refractivity contribution is 0.141. The molecule has 0 radical (unpaired) electrons. The quantitative estimate of drug-likeness (QED) is 0.451. The molecule has 0 aliphatic rings. The largest absolute Gasteiger partial charge is 0.317 e. The molecule has 0 heterocycles. The van der Waals surface area contributed by atoms with Gasteiger partial charge in [0.05, 0.1) is 6.61 Å². The van der Waals surface area contributed by atoms with Crippen molar-refractivity contribution in [3.63, 3.8) is 0 Å². The van der Waals surface area contributed by atoms with Crippen LogP contribution >= 0.6 is 17.0 Å². The molecule has 0 saturated heterocycles. The summed E-state index contributed by atoms with van der Waals surface area (Å²) in [5.74, 6) is 4.67. The zero-order valence-corrected chi connectivity index (χ0v) is 6.02. The van der Waals surface area contributed by atoms with E-state index in [1.54, 1.807) is 0 Å². The molecular formula is C3H11BrN2O. The van der Waals surface area contributed by atoms with E-state index in [1.807, 2.05) is 7.05 Å². The minimum Gasteiger partial charge on any atom is -0.317 e. The maximum atomic E-state index is 4.67. The highest BCUT2D eigenvalue weighted by atomic mass is 79.9. The first-order valence-electron chi connectivity index (χ1n) is 1.88. The van der Waals surface area contributed by atoms with Gasteiger partial charge in [0.2, 0.25) is 0 Å². The van der Waals surface area contributed by atoms with Gasteiger partial charge in [-0.1, -0.05) is 0 Å². The van der Waals surface area contributed by atoms with Gasteiger partial charge in [-0.15, -0.1) is 17.0 Å². The molecule has 0 aromatic carbocycles. The standard InChI is InChI=1S/C3H10N2O.BrH/c1-5-2-3-6-4;/h5H,2-4H2,1H3;1H. The first kappa shape index (κ1) is 10.4. The summed E-state index contributed by atoms with van der Waals surface area (Å²) in [7, 11) is 1.85. The van der Waals surface area contributed by atoms with Crippen LogP contribution in [0.15, 0.2) is 0 Å². The summed E-state index contributed by atoms with van der Waals surface area (Å²) in [5, 5.41) is 2.86. The minimum absolute atomic E-state index is 0. The van der Waals surface area contributed by atoms with Crippen LogP contribution in [0.2, 0.25) is 0 Å². The van der Waals surface area contributed by atoms with Gasteiger partial charge in [-0.25, -0.2) is 5.90 Å². The molecule has 4 heteroatoms. The normalized spacial score (nSPS) is 7.71. The van der Waals surface area contributed by atoms with Crippen molar-refractivity contribution in [2.24, 2.45) is 5.90 Å². The van der Waals surface area contributed by atoms with Crippen LogP contribution in [0.5, 0.6) is 0 Å². The fraction of sp³-hybridized carbons (Fsp3) is 1.00. The Morgan fingerprint density at radius 2 is 2.29 bits per heavy atom. The molecule has 0 aliphatic carbocycles. The summed E-state index contributed by atoms with van der Waals surface area (Å²) < 4.78 is 0. The van der Waals surface area contributed by atoms with E-state index in [2.05, 4.69) is 16.1 Å². The molecule has 0 saturated carbocycles. The summed E-state index contributed by atoms with van der Waals surface area (Å²) >= 11 is 0. The average Bonchev–Trinajstić information content (AvgIpc) is 1.61. The number of hydrogen-bond acceptors (Lipinski definition) is 3. The molecule has 46 valence electrons. The fourth-order valence-corrected chi connectivity index (χ4v) is 0.161. The molecular weight excluding hydrogens is 160 g/mol. The van der Waals surface area contributed by atoms with Gasteiger partial charge in [-0.2, -0.15) is 0 Å². The smallest absolute Gasteiger partial charge is 0.0803 e. The van der Waals surface area contributed by atoms with Crippen molar-refractivity contribution in [3.8, 4) is 0 Å². The highest BCUT2D eigenvalue weighted by molar-refractivity contribution is 8.93. The van der Waals surface area contributed by atoms with Gasteiger partial charge >= 0.3 is 0 Å². The lowest BCUT2D eigenvalue weighted by atomic mass is 10.7. The summed E-state index contributed by atoms with van der Waals surface area (Å²) in [6.45, 7) is 1.40. The summed E-state index contributed by atoms with van der Waals surface area (Å²) in [6, 6.07) is 0. The maximum Gasteiger partial charge on any atom is 0.0803 e. The number of likely N-dealkylation sites (N-methyl/N-ethyl adjacent to an activating group) is 1. The molecule has 0 amide bonds. The third-order valence-corrected chi connectivity index (χ3v) is 0.470. The van der Waals surface area contributed by atoms with Crippen LogP contribution in [0, 0.1) is 0 Å². The topological polar surface area (TPSA) is 47.3 Å². The lowest BCUT2D eigenvalue weighted by Gasteiger charge is -1.91. The summed E-state index contributed by atoms with van der Waals surface area (Å²) in [4.78, 5) is 4.22. The first-order valence-corrected chi connectivity index (χ1v) is 1.88. The Kier molecular flexibility index (Phi) is 14.2. The fourth-order valence-electron chi connectivity index (χ4n) is 0.161. The van der Waals surface area contributed by atoms with E-state index in [1.165, 1.54) is 0 Å². The van der Waals surface area contributed by atoms with E-state index in [4.69, 9.17) is 0 Å². The number of halogens is 1. The van der Waals surface area contributed by atoms with Gasteiger partial charge in [-0.3, -0.25) is 0 Å². The second kappa shape index (κ2) is 9.61. The first-order chi connectivity index (χ1) is 2.91. The van der Waals surface area contributed by atoms with Gasteiger partial charge < -0.3 is 10.2 Å². The van der Waals surface area contributed by atoms with Gasteiger partial charge in [0.25, 0.3) is 0 Å². The maximum absolute atomic E-state index is 4.67. The van der Waals surface area contributed by atoms with E-state index < -0.39 is 0 Å². The zero-order chi connectivity index (χ0) is 4.83. The minimum atomic E-state index is 0. The molecule has 3 nitrogen and oxygen atoms in total. The highest BCUT2D eigenvalue weighted by Crippen LogP contribution is 1.53. The van der Waals surface area contributed by atoms with Crippen LogP contribution in [-0.4, -0.2) is 20.2 Å². The molecule has 0 aromatic rings. The van der Waals surface area contributed by atoms with Crippen molar-refractivity contribution in [3.05, 3.63) is 0 Å². The van der Waals surface area contributed by atoms with Crippen molar-refractivity contribution in [2.75, 3.05) is 20.2 Å². The molecule has 0 aliphatic heterocycles. The molecule has 0 fully saturated rings. The highest BCUT2D eigenvalue weighted by Gasteiger charge is 1.73. The van der Waals surface area contributed by atoms with E-state index in [0.29, 0.717) is 6.61 Å². The number of nitrogens with one attached hydrogen (secondary N) is 1. The predicted molar refractivity (Wildman–Crippen MR) is 34.4 cm³/mol. The Labute approximate surface area is 53.9 Å². The predicted octanol–water partition coefficient (Wildman–Crippen LogP) is -0.326. The zero-order valence-electron chi connectivity index (χ0n) is 4.31. The van der Waals surface area contributed by atoms with Crippen LogP contribution in [-0.2, 0) is 4.84 Å². The number of hydrogen-bond donors (Lipinski definition) is 2. The van der Waals surface area contributed by atoms with Crippen molar-refractivity contribution >= 4 is 17.0 Å². The Bertz CT molecular complexity index is 24.9. The molecule has 0 rings (SSSR count). The third-order valence-electron chi connectivity index (χ3n) is 0.470. The van der Waals surface area contributed by atoms with Crippen molar-refractivity contribution in [1.82, 2.24) is 5.32 Å². The van der Waals surface area contributed by atoms with Crippen LogP contribution in [0.1, 0.15) is 0 Å². The van der Waals surface area contributed by atoms with Crippen molar-refractivity contribution < 1.29 is 4.84 Å². The van der Waals surface area contributed by atoms with E-state index >= 15 is 0 Å². The van der Waals surface area contributed by atoms with Crippen LogP contribution in [0.3, 0.4) is 0 Å². The molecule has 0 unspecified atom stereocenters. The van der Waals surface area contributed by atoms with Gasteiger partial charge in [0.15, 0.2) is 0 Å². The lowest BCUT2D eigenvalue weighted by Crippen LogP contribution is -2.16. The molecule has 3 N–H and O–H groups in total. The molecule has 0 spiro atoms.